The number of allylic oxidation sites excluding steroid dienone is 2. The van der Waals surface area contributed by atoms with Crippen molar-refractivity contribution in [2.75, 3.05) is 11.5 Å². The van der Waals surface area contributed by atoms with Crippen LogP contribution in [0.2, 0.25) is 0 Å². The highest BCUT2D eigenvalue weighted by molar-refractivity contribution is 5.61. The van der Waals surface area contributed by atoms with Crippen LogP contribution in [-0.2, 0) is 6.42 Å². The van der Waals surface area contributed by atoms with Crippen LogP contribution in [0.4, 0.5) is 11.4 Å². The minimum Gasteiger partial charge on any atom is -0.398 e. The predicted molar refractivity (Wildman–Crippen MR) is 81.3 cm³/mol. The van der Waals surface area contributed by atoms with Gasteiger partial charge in [-0.3, -0.25) is 0 Å². The third-order valence-corrected chi connectivity index (χ3v) is 3.12. The zero-order valence-electron chi connectivity index (χ0n) is 11.8. The van der Waals surface area contributed by atoms with Gasteiger partial charge in [0.2, 0.25) is 0 Å². The summed E-state index contributed by atoms with van der Waals surface area (Å²) in [6, 6.07) is 5.72. The quantitative estimate of drug-likeness (QED) is 0.588. The molecule has 0 amide bonds. The molecule has 1 unspecified atom stereocenters. The summed E-state index contributed by atoms with van der Waals surface area (Å²) in [5.74, 6) is 1.40. The number of hydrogen-bond acceptors (Lipinski definition) is 2. The van der Waals surface area contributed by atoms with Gasteiger partial charge in [-0.05, 0) is 48.8 Å². The van der Waals surface area contributed by atoms with Gasteiger partial charge in [-0.25, -0.2) is 0 Å². The van der Waals surface area contributed by atoms with Gasteiger partial charge in [0.15, 0.2) is 0 Å². The molecule has 0 aliphatic carbocycles. The van der Waals surface area contributed by atoms with Gasteiger partial charge in [-0.2, -0.15) is 0 Å². The van der Waals surface area contributed by atoms with Gasteiger partial charge in [-0.1, -0.05) is 39.0 Å². The van der Waals surface area contributed by atoms with E-state index in [9.17, 15) is 0 Å². The molecule has 0 heterocycles. The van der Waals surface area contributed by atoms with Gasteiger partial charge in [0, 0.05) is 11.4 Å². The van der Waals surface area contributed by atoms with E-state index in [1.165, 1.54) is 6.42 Å². The second kappa shape index (κ2) is 7.10. The van der Waals surface area contributed by atoms with Crippen molar-refractivity contribution in [3.8, 4) is 0 Å². The van der Waals surface area contributed by atoms with Crippen LogP contribution in [0.25, 0.3) is 0 Å². The Morgan fingerprint density at radius 3 is 2.28 bits per heavy atom. The maximum absolute atomic E-state index is 5.93. The minimum atomic E-state index is 0.649. The highest BCUT2D eigenvalue weighted by Gasteiger charge is 2.03. The molecule has 0 aromatic heterocycles. The number of hydrogen-bond donors (Lipinski definition) is 2. The summed E-state index contributed by atoms with van der Waals surface area (Å²) in [7, 11) is 0. The van der Waals surface area contributed by atoms with E-state index in [4.69, 9.17) is 11.5 Å². The van der Waals surface area contributed by atoms with Gasteiger partial charge in [-0.15, -0.1) is 0 Å². The van der Waals surface area contributed by atoms with E-state index < -0.39 is 0 Å². The van der Waals surface area contributed by atoms with Crippen LogP contribution in [0.3, 0.4) is 0 Å². The Kier molecular flexibility index (Phi) is 5.76. The molecule has 18 heavy (non-hydrogen) atoms. The average molecular weight is 246 g/mol. The third-order valence-electron chi connectivity index (χ3n) is 3.12. The summed E-state index contributed by atoms with van der Waals surface area (Å²) < 4.78 is 0. The van der Waals surface area contributed by atoms with Crippen molar-refractivity contribution < 1.29 is 0 Å². The average Bonchev–Trinajstić information content (AvgIpc) is 2.26. The predicted octanol–water partition coefficient (Wildman–Crippen LogP) is 4.02. The zero-order chi connectivity index (χ0) is 13.5. The molecule has 1 rings (SSSR count). The van der Waals surface area contributed by atoms with Crippen molar-refractivity contribution in [2.45, 2.75) is 40.0 Å². The third kappa shape index (κ3) is 4.82. The van der Waals surface area contributed by atoms with Crippen molar-refractivity contribution in [3.63, 3.8) is 0 Å². The Labute approximate surface area is 111 Å². The Balaban J connectivity index is 2.44. The molecule has 1 aromatic carbocycles. The lowest BCUT2D eigenvalue weighted by Crippen LogP contribution is -2.00. The summed E-state index contributed by atoms with van der Waals surface area (Å²) in [4.78, 5) is 0. The maximum Gasteiger partial charge on any atom is 0.0367 e. The number of anilines is 2. The molecule has 1 aromatic rings. The Hall–Kier alpha value is -1.44. The van der Waals surface area contributed by atoms with Crippen molar-refractivity contribution in [3.05, 3.63) is 35.9 Å². The molecule has 0 saturated heterocycles. The van der Waals surface area contributed by atoms with E-state index in [1.54, 1.807) is 0 Å². The molecule has 0 saturated carbocycles. The first-order valence-corrected chi connectivity index (χ1v) is 6.80. The molecular weight excluding hydrogens is 220 g/mol. The molecule has 0 aliphatic rings. The van der Waals surface area contributed by atoms with E-state index in [0.717, 1.165) is 35.7 Å². The first-order chi connectivity index (χ1) is 8.50. The summed E-state index contributed by atoms with van der Waals surface area (Å²) in [6.45, 7) is 6.78. The second-order valence-corrected chi connectivity index (χ2v) is 5.49. The summed E-state index contributed by atoms with van der Waals surface area (Å²) in [5.41, 5.74) is 14.5. The maximum atomic E-state index is 5.93. The summed E-state index contributed by atoms with van der Waals surface area (Å²) >= 11 is 0. The molecular formula is C16H26N2. The van der Waals surface area contributed by atoms with Crippen molar-refractivity contribution in [1.82, 2.24) is 0 Å². The lowest BCUT2D eigenvalue weighted by molar-refractivity contribution is 0.502. The molecule has 0 bridgehead atoms. The van der Waals surface area contributed by atoms with Crippen LogP contribution in [-0.4, -0.2) is 0 Å². The first kappa shape index (κ1) is 14.6. The molecule has 2 nitrogen and oxygen atoms in total. The Morgan fingerprint density at radius 1 is 1.11 bits per heavy atom. The smallest absolute Gasteiger partial charge is 0.0367 e. The lowest BCUT2D eigenvalue weighted by atomic mass is 9.98. The fourth-order valence-electron chi connectivity index (χ4n) is 2.29. The van der Waals surface area contributed by atoms with Crippen molar-refractivity contribution >= 4 is 11.4 Å². The Morgan fingerprint density at radius 2 is 1.72 bits per heavy atom. The van der Waals surface area contributed by atoms with Crippen molar-refractivity contribution in [1.29, 1.82) is 0 Å². The van der Waals surface area contributed by atoms with E-state index in [0.29, 0.717) is 5.92 Å². The lowest BCUT2D eigenvalue weighted by Gasteiger charge is -2.09. The highest BCUT2D eigenvalue weighted by atomic mass is 14.6. The van der Waals surface area contributed by atoms with E-state index in [-0.39, 0.29) is 0 Å². The van der Waals surface area contributed by atoms with Crippen molar-refractivity contribution in [2.24, 2.45) is 11.8 Å². The largest absolute Gasteiger partial charge is 0.398 e. The molecule has 0 fully saturated rings. The first-order valence-electron chi connectivity index (χ1n) is 6.80. The van der Waals surface area contributed by atoms with E-state index in [1.807, 2.05) is 18.2 Å². The number of rotatable bonds is 6. The fraction of sp³-hybridized carbons (Fsp3) is 0.500. The van der Waals surface area contributed by atoms with Gasteiger partial charge >= 0.3 is 0 Å². The fourth-order valence-corrected chi connectivity index (χ4v) is 2.29. The van der Waals surface area contributed by atoms with Crippen LogP contribution >= 0.6 is 0 Å². The normalized spacial score (nSPS) is 13.3. The molecule has 0 radical (unpaired) electrons. The number of nitrogens with two attached hydrogens (primary N) is 2. The molecule has 1 atom stereocenters. The summed E-state index contributed by atoms with van der Waals surface area (Å²) in [6.07, 6.45) is 7.71. The van der Waals surface area contributed by atoms with Gasteiger partial charge < -0.3 is 11.5 Å². The van der Waals surface area contributed by atoms with Gasteiger partial charge in [0.05, 0.1) is 0 Å². The highest BCUT2D eigenvalue weighted by Crippen LogP contribution is 2.21. The summed E-state index contributed by atoms with van der Waals surface area (Å²) in [5, 5.41) is 0. The van der Waals surface area contributed by atoms with Gasteiger partial charge in [0.25, 0.3) is 0 Å². The minimum absolute atomic E-state index is 0.649. The standard InChI is InChI=1S/C16H26N2/c1-12(2)11-13(3)7-4-5-8-14-15(17)9-6-10-16(14)18/h4,6-7,9-10,12-13H,5,8,11,17-18H2,1-3H3/b7-4+. The monoisotopic (exact) mass is 246 g/mol. The molecule has 0 aliphatic heterocycles. The van der Waals surface area contributed by atoms with Crippen LogP contribution in [0, 0.1) is 11.8 Å². The van der Waals surface area contributed by atoms with Crippen LogP contribution in [0.5, 0.6) is 0 Å². The second-order valence-electron chi connectivity index (χ2n) is 5.49. The Bertz CT molecular complexity index is 374. The number of nitrogen functional groups attached to an aromatic ring is 2. The van der Waals surface area contributed by atoms with E-state index >= 15 is 0 Å². The van der Waals surface area contributed by atoms with Crippen LogP contribution in [0.1, 0.15) is 39.2 Å². The molecule has 4 N–H and O–H groups in total. The number of benzene rings is 1. The van der Waals surface area contributed by atoms with Crippen LogP contribution in [0.15, 0.2) is 30.4 Å². The zero-order valence-corrected chi connectivity index (χ0v) is 11.8. The van der Waals surface area contributed by atoms with Crippen LogP contribution < -0.4 is 11.5 Å². The SMILES string of the molecule is CC(C)CC(C)/C=C/CCc1c(N)cccc1N. The molecule has 100 valence electrons. The van der Waals surface area contributed by atoms with E-state index in [2.05, 4.69) is 32.9 Å². The molecule has 2 heteroatoms. The topological polar surface area (TPSA) is 52.0 Å². The van der Waals surface area contributed by atoms with Gasteiger partial charge in [0.1, 0.15) is 0 Å². The molecule has 0 spiro atoms.